The first kappa shape index (κ1) is 20.0. The minimum atomic E-state index is -0.924. The summed E-state index contributed by atoms with van der Waals surface area (Å²) in [5, 5.41) is 11.9. The van der Waals surface area contributed by atoms with Gasteiger partial charge in [0.1, 0.15) is 5.82 Å². The molecule has 0 spiro atoms. The molecular formula is C22H25FN2O3. The van der Waals surface area contributed by atoms with Crippen molar-refractivity contribution in [1.29, 1.82) is 0 Å². The molecule has 0 aromatic heterocycles. The Labute approximate surface area is 164 Å². The Morgan fingerprint density at radius 3 is 2.36 bits per heavy atom. The van der Waals surface area contributed by atoms with Crippen LogP contribution in [-0.4, -0.2) is 35.0 Å². The summed E-state index contributed by atoms with van der Waals surface area (Å²) >= 11 is 0. The molecular weight excluding hydrogens is 359 g/mol. The quantitative estimate of drug-likeness (QED) is 0.801. The third-order valence-electron chi connectivity index (χ3n) is 5.27. The predicted octanol–water partition coefficient (Wildman–Crippen LogP) is 3.36. The fraction of sp³-hybridized carbons (Fsp3) is 0.364. The van der Waals surface area contributed by atoms with E-state index in [4.69, 9.17) is 5.11 Å². The molecule has 1 heterocycles. The van der Waals surface area contributed by atoms with Crippen molar-refractivity contribution < 1.29 is 19.1 Å². The highest BCUT2D eigenvalue weighted by Crippen LogP contribution is 2.20. The number of hydrogen-bond donors (Lipinski definition) is 2. The summed E-state index contributed by atoms with van der Waals surface area (Å²) in [5.74, 6) is -1.18. The number of carboxylic acid groups (broad SMARTS) is 1. The number of rotatable bonds is 6. The first-order valence-corrected chi connectivity index (χ1v) is 9.49. The van der Waals surface area contributed by atoms with Crippen LogP contribution >= 0.6 is 0 Å². The van der Waals surface area contributed by atoms with Crippen LogP contribution in [0.1, 0.15) is 39.9 Å². The number of piperidine rings is 1. The van der Waals surface area contributed by atoms with Gasteiger partial charge in [0, 0.05) is 19.0 Å². The molecule has 0 unspecified atom stereocenters. The van der Waals surface area contributed by atoms with Gasteiger partial charge in [-0.05, 0) is 67.7 Å². The van der Waals surface area contributed by atoms with Gasteiger partial charge in [-0.3, -0.25) is 9.69 Å². The number of nitrogens with one attached hydrogen (secondary N) is 1. The van der Waals surface area contributed by atoms with Gasteiger partial charge in [-0.15, -0.1) is 0 Å². The summed E-state index contributed by atoms with van der Waals surface area (Å²) < 4.78 is 13.6. The predicted molar refractivity (Wildman–Crippen MR) is 104 cm³/mol. The van der Waals surface area contributed by atoms with Gasteiger partial charge in [0.25, 0.3) is 0 Å². The Morgan fingerprint density at radius 1 is 1.11 bits per heavy atom. The van der Waals surface area contributed by atoms with Crippen LogP contribution in [0.3, 0.4) is 0 Å². The Morgan fingerprint density at radius 2 is 1.75 bits per heavy atom. The number of aryl methyl sites for hydroxylation is 1. The lowest BCUT2D eigenvalue weighted by molar-refractivity contribution is -0.126. The first-order chi connectivity index (χ1) is 13.4. The minimum absolute atomic E-state index is 0.0199. The van der Waals surface area contributed by atoms with E-state index in [1.165, 1.54) is 6.07 Å². The minimum Gasteiger partial charge on any atom is -0.478 e. The number of halogens is 1. The monoisotopic (exact) mass is 384 g/mol. The highest BCUT2D eigenvalue weighted by molar-refractivity contribution is 5.87. The molecule has 1 saturated heterocycles. The van der Waals surface area contributed by atoms with E-state index in [0.717, 1.165) is 43.6 Å². The topological polar surface area (TPSA) is 69.6 Å². The Hall–Kier alpha value is -2.73. The Bertz CT molecular complexity index is 843. The molecule has 0 radical (unpaired) electrons. The van der Waals surface area contributed by atoms with Crippen molar-refractivity contribution in [2.45, 2.75) is 32.9 Å². The normalized spacial score (nSPS) is 15.4. The lowest BCUT2D eigenvalue weighted by Crippen LogP contribution is -2.40. The number of nitrogens with zero attached hydrogens (tertiary/aromatic N) is 1. The molecule has 6 heteroatoms. The fourth-order valence-electron chi connectivity index (χ4n) is 3.44. The Kier molecular flexibility index (Phi) is 6.41. The molecule has 5 nitrogen and oxygen atoms in total. The van der Waals surface area contributed by atoms with Gasteiger partial charge in [0.2, 0.25) is 5.91 Å². The van der Waals surface area contributed by atoms with E-state index >= 15 is 0 Å². The van der Waals surface area contributed by atoms with Gasteiger partial charge in [0.15, 0.2) is 0 Å². The van der Waals surface area contributed by atoms with Gasteiger partial charge < -0.3 is 10.4 Å². The Balaban J connectivity index is 1.44. The molecule has 28 heavy (non-hydrogen) atoms. The van der Waals surface area contributed by atoms with E-state index < -0.39 is 5.97 Å². The van der Waals surface area contributed by atoms with Crippen LogP contribution in [0, 0.1) is 18.7 Å². The van der Waals surface area contributed by atoms with Crippen molar-refractivity contribution in [3.05, 3.63) is 70.5 Å². The summed E-state index contributed by atoms with van der Waals surface area (Å²) in [6.07, 6.45) is 1.56. The van der Waals surface area contributed by atoms with E-state index in [2.05, 4.69) is 10.2 Å². The summed E-state index contributed by atoms with van der Waals surface area (Å²) in [7, 11) is 0. The van der Waals surface area contributed by atoms with Gasteiger partial charge in [-0.25, -0.2) is 9.18 Å². The molecule has 1 aliphatic rings. The summed E-state index contributed by atoms with van der Waals surface area (Å²) in [5.41, 5.74) is 2.71. The second kappa shape index (κ2) is 8.97. The molecule has 0 bridgehead atoms. The third kappa shape index (κ3) is 5.16. The average Bonchev–Trinajstić information content (AvgIpc) is 2.69. The molecule has 1 amide bonds. The lowest BCUT2D eigenvalue weighted by atomic mass is 9.95. The van der Waals surface area contributed by atoms with Crippen molar-refractivity contribution >= 4 is 11.9 Å². The van der Waals surface area contributed by atoms with Crippen LogP contribution in [0.25, 0.3) is 0 Å². The zero-order valence-electron chi connectivity index (χ0n) is 16.0. The number of amides is 1. The zero-order chi connectivity index (χ0) is 20.1. The van der Waals surface area contributed by atoms with Gasteiger partial charge >= 0.3 is 5.97 Å². The molecule has 0 saturated carbocycles. The number of carbonyl (C=O) groups is 2. The number of carbonyl (C=O) groups excluding carboxylic acids is 1. The fourth-order valence-corrected chi connectivity index (χ4v) is 3.44. The van der Waals surface area contributed by atoms with E-state index in [-0.39, 0.29) is 23.2 Å². The molecule has 0 atom stereocenters. The van der Waals surface area contributed by atoms with Crippen LogP contribution in [0.5, 0.6) is 0 Å². The number of benzene rings is 2. The number of carboxylic acids is 1. The largest absolute Gasteiger partial charge is 0.478 e. The standard InChI is InChI=1S/C22H25FN2O3/c1-15-2-3-17(12-20(15)23)13-24-21(26)18-8-10-25(11-9-18)14-16-4-6-19(7-5-16)22(27)28/h2-7,12,18H,8-11,13-14H2,1H3,(H,24,26)(H,27,28). The van der Waals surface area contributed by atoms with Crippen LogP contribution < -0.4 is 5.32 Å². The molecule has 2 aromatic carbocycles. The van der Waals surface area contributed by atoms with Crippen LogP contribution in [0.15, 0.2) is 42.5 Å². The van der Waals surface area contributed by atoms with Crippen LogP contribution in [0.2, 0.25) is 0 Å². The SMILES string of the molecule is Cc1ccc(CNC(=O)C2CCN(Cc3ccc(C(=O)O)cc3)CC2)cc1F. The maximum atomic E-state index is 13.6. The maximum absolute atomic E-state index is 13.6. The van der Waals surface area contributed by atoms with Crippen molar-refractivity contribution in [3.63, 3.8) is 0 Å². The summed E-state index contributed by atoms with van der Waals surface area (Å²) in [4.78, 5) is 25.6. The molecule has 2 aromatic rings. The maximum Gasteiger partial charge on any atom is 0.335 e. The first-order valence-electron chi connectivity index (χ1n) is 9.49. The lowest BCUT2D eigenvalue weighted by Gasteiger charge is -2.31. The summed E-state index contributed by atoms with van der Waals surface area (Å²) in [6.45, 7) is 4.44. The van der Waals surface area contributed by atoms with E-state index in [0.29, 0.717) is 12.1 Å². The van der Waals surface area contributed by atoms with E-state index in [1.807, 2.05) is 18.2 Å². The highest BCUT2D eigenvalue weighted by atomic mass is 19.1. The molecule has 1 fully saturated rings. The van der Waals surface area contributed by atoms with E-state index in [1.54, 1.807) is 25.1 Å². The number of likely N-dealkylation sites (tertiary alicyclic amines) is 1. The molecule has 3 rings (SSSR count). The van der Waals surface area contributed by atoms with Gasteiger partial charge in [-0.2, -0.15) is 0 Å². The van der Waals surface area contributed by atoms with Crippen molar-refractivity contribution in [1.82, 2.24) is 10.2 Å². The summed E-state index contributed by atoms with van der Waals surface area (Å²) in [6, 6.07) is 11.9. The zero-order valence-corrected chi connectivity index (χ0v) is 16.0. The van der Waals surface area contributed by atoms with Crippen molar-refractivity contribution in [2.24, 2.45) is 5.92 Å². The smallest absolute Gasteiger partial charge is 0.335 e. The van der Waals surface area contributed by atoms with Gasteiger partial charge in [-0.1, -0.05) is 24.3 Å². The average molecular weight is 384 g/mol. The highest BCUT2D eigenvalue weighted by Gasteiger charge is 2.24. The second-order valence-electron chi connectivity index (χ2n) is 7.35. The molecule has 2 N–H and O–H groups in total. The van der Waals surface area contributed by atoms with Crippen molar-refractivity contribution in [2.75, 3.05) is 13.1 Å². The molecule has 1 aliphatic heterocycles. The number of aromatic carboxylic acids is 1. The van der Waals surface area contributed by atoms with Crippen LogP contribution in [-0.2, 0) is 17.9 Å². The van der Waals surface area contributed by atoms with Crippen LogP contribution in [0.4, 0.5) is 4.39 Å². The van der Waals surface area contributed by atoms with Gasteiger partial charge in [0.05, 0.1) is 5.56 Å². The second-order valence-corrected chi connectivity index (χ2v) is 7.35. The molecule has 148 valence electrons. The third-order valence-corrected chi connectivity index (χ3v) is 5.27. The number of hydrogen-bond acceptors (Lipinski definition) is 3. The van der Waals surface area contributed by atoms with Crippen molar-refractivity contribution in [3.8, 4) is 0 Å². The molecule has 0 aliphatic carbocycles. The van der Waals surface area contributed by atoms with E-state index in [9.17, 15) is 14.0 Å².